The topological polar surface area (TPSA) is 86.6 Å². The number of hydrogen-bond donors (Lipinski definition) is 2. The summed E-state index contributed by atoms with van der Waals surface area (Å²) < 4.78 is 0. The van der Waals surface area contributed by atoms with Gasteiger partial charge in [0.15, 0.2) is 5.82 Å². The quantitative estimate of drug-likeness (QED) is 0.617. The van der Waals surface area contributed by atoms with E-state index in [9.17, 15) is 5.11 Å². The highest BCUT2D eigenvalue weighted by atomic mass is 16.7. The van der Waals surface area contributed by atoms with Gasteiger partial charge in [0.25, 0.3) is 0 Å². The molecule has 4 rings (SSSR count). The average Bonchev–Trinajstić information content (AvgIpc) is 2.82. The fourth-order valence-electron chi connectivity index (χ4n) is 3.64. The number of nitrogens with one attached hydrogen (secondary N) is 1. The number of aliphatic hydroxyl groups excluding tert-OH is 1. The Morgan fingerprint density at radius 3 is 2.50 bits per heavy atom. The molecule has 8 nitrogen and oxygen atoms in total. The van der Waals surface area contributed by atoms with Gasteiger partial charge in [-0.3, -0.25) is 9.82 Å². The van der Waals surface area contributed by atoms with Gasteiger partial charge in [-0.2, -0.15) is 5.06 Å². The summed E-state index contributed by atoms with van der Waals surface area (Å²) in [7, 11) is 1.84. The molecule has 0 aliphatic carbocycles. The van der Waals surface area contributed by atoms with Crippen molar-refractivity contribution < 1.29 is 9.94 Å². The van der Waals surface area contributed by atoms with Crippen LogP contribution in [0.1, 0.15) is 13.3 Å². The SMILES string of the molecule is CCC(CO)ON1CCN(c2ccc(-c3cc4nccnc4c(NC)n3)cc2)CC1. The molecule has 1 saturated heterocycles. The number of hydrogen-bond acceptors (Lipinski definition) is 8. The van der Waals surface area contributed by atoms with E-state index in [4.69, 9.17) is 9.82 Å². The largest absolute Gasteiger partial charge is 0.394 e. The van der Waals surface area contributed by atoms with Crippen molar-refractivity contribution in [2.75, 3.05) is 50.1 Å². The molecule has 2 N–H and O–H groups in total. The fraction of sp³-hybridized carbons (Fsp3) is 0.409. The van der Waals surface area contributed by atoms with Gasteiger partial charge in [-0.05, 0) is 24.6 Å². The lowest BCUT2D eigenvalue weighted by atomic mass is 10.1. The fourth-order valence-corrected chi connectivity index (χ4v) is 3.64. The molecule has 1 fully saturated rings. The zero-order valence-electron chi connectivity index (χ0n) is 17.5. The van der Waals surface area contributed by atoms with Crippen LogP contribution in [-0.2, 0) is 4.84 Å². The third-order valence-electron chi connectivity index (χ3n) is 5.42. The Morgan fingerprint density at radius 2 is 1.83 bits per heavy atom. The third kappa shape index (κ3) is 4.35. The van der Waals surface area contributed by atoms with Crippen molar-refractivity contribution in [2.45, 2.75) is 19.4 Å². The minimum absolute atomic E-state index is 0.0574. The van der Waals surface area contributed by atoms with Gasteiger partial charge in [-0.25, -0.2) is 9.97 Å². The zero-order valence-corrected chi connectivity index (χ0v) is 17.5. The predicted octanol–water partition coefficient (Wildman–Crippen LogP) is 2.56. The number of fused-ring (bicyclic) bond motifs is 1. The standard InChI is InChI=1S/C22H28N6O2/c1-3-18(15-29)30-28-12-10-27(11-13-28)17-6-4-16(5-7-17)19-14-20-21(22(23-2)26-19)25-9-8-24-20/h4-9,14,18,29H,3,10-13,15H2,1-2H3,(H,23,26). The first-order valence-corrected chi connectivity index (χ1v) is 10.4. The number of aliphatic hydroxyl groups is 1. The first kappa shape index (κ1) is 20.5. The van der Waals surface area contributed by atoms with Crippen molar-refractivity contribution in [3.05, 3.63) is 42.7 Å². The monoisotopic (exact) mass is 408 g/mol. The first-order chi connectivity index (χ1) is 14.7. The molecule has 1 unspecified atom stereocenters. The van der Waals surface area contributed by atoms with Gasteiger partial charge in [0.1, 0.15) is 11.6 Å². The summed E-state index contributed by atoms with van der Waals surface area (Å²) in [5.41, 5.74) is 4.68. The van der Waals surface area contributed by atoms with Crippen LogP contribution in [0.4, 0.5) is 11.5 Å². The Morgan fingerprint density at radius 1 is 1.10 bits per heavy atom. The normalized spacial score (nSPS) is 16.0. The molecule has 1 aromatic carbocycles. The van der Waals surface area contributed by atoms with Gasteiger partial charge < -0.3 is 15.3 Å². The van der Waals surface area contributed by atoms with Crippen LogP contribution in [0.25, 0.3) is 22.3 Å². The maximum atomic E-state index is 9.32. The van der Waals surface area contributed by atoms with Gasteiger partial charge in [0.05, 0.1) is 17.8 Å². The summed E-state index contributed by atoms with van der Waals surface area (Å²) in [6.07, 6.45) is 4.07. The van der Waals surface area contributed by atoms with Crippen molar-refractivity contribution in [3.63, 3.8) is 0 Å². The summed E-state index contributed by atoms with van der Waals surface area (Å²) in [6, 6.07) is 10.4. The van der Waals surface area contributed by atoms with Crippen LogP contribution in [0.2, 0.25) is 0 Å². The number of aromatic nitrogens is 3. The van der Waals surface area contributed by atoms with E-state index in [2.05, 4.69) is 44.5 Å². The number of nitrogens with zero attached hydrogens (tertiary/aromatic N) is 5. The minimum atomic E-state index is -0.113. The zero-order chi connectivity index (χ0) is 20.9. The molecule has 0 spiro atoms. The number of pyridine rings is 1. The molecule has 158 valence electrons. The van der Waals surface area contributed by atoms with Crippen LogP contribution >= 0.6 is 0 Å². The predicted molar refractivity (Wildman–Crippen MR) is 118 cm³/mol. The Kier molecular flexibility index (Phi) is 6.37. The van der Waals surface area contributed by atoms with E-state index >= 15 is 0 Å². The molecule has 0 bridgehead atoms. The number of hydroxylamine groups is 2. The van der Waals surface area contributed by atoms with Crippen LogP contribution in [0, 0.1) is 0 Å². The molecule has 3 heterocycles. The molecular formula is C22H28N6O2. The van der Waals surface area contributed by atoms with E-state index in [1.54, 1.807) is 12.4 Å². The number of piperazine rings is 1. The molecule has 1 aliphatic heterocycles. The molecule has 1 atom stereocenters. The van der Waals surface area contributed by atoms with Crippen LogP contribution in [0.5, 0.6) is 0 Å². The van der Waals surface area contributed by atoms with Crippen molar-refractivity contribution in [3.8, 4) is 11.3 Å². The highest BCUT2D eigenvalue weighted by Crippen LogP contribution is 2.27. The average molecular weight is 409 g/mol. The highest BCUT2D eigenvalue weighted by molar-refractivity contribution is 5.88. The van der Waals surface area contributed by atoms with Gasteiger partial charge in [0, 0.05) is 56.9 Å². The molecule has 0 saturated carbocycles. The number of rotatable bonds is 7. The lowest BCUT2D eigenvalue weighted by Crippen LogP contribution is -2.47. The lowest BCUT2D eigenvalue weighted by Gasteiger charge is -2.36. The first-order valence-electron chi connectivity index (χ1n) is 10.4. The lowest BCUT2D eigenvalue weighted by molar-refractivity contribution is -0.209. The van der Waals surface area contributed by atoms with E-state index in [1.165, 1.54) is 5.69 Å². The Hall–Kier alpha value is -2.81. The van der Waals surface area contributed by atoms with E-state index in [0.717, 1.165) is 60.7 Å². The highest BCUT2D eigenvalue weighted by Gasteiger charge is 2.20. The van der Waals surface area contributed by atoms with Crippen molar-refractivity contribution >= 4 is 22.5 Å². The maximum absolute atomic E-state index is 9.32. The van der Waals surface area contributed by atoms with Crippen LogP contribution < -0.4 is 10.2 Å². The summed E-state index contributed by atoms with van der Waals surface area (Å²) in [4.78, 5) is 21.7. The summed E-state index contributed by atoms with van der Waals surface area (Å²) >= 11 is 0. The molecule has 0 radical (unpaired) electrons. The van der Waals surface area contributed by atoms with Gasteiger partial charge in [-0.1, -0.05) is 19.1 Å². The summed E-state index contributed by atoms with van der Waals surface area (Å²) in [6.45, 7) is 5.48. The smallest absolute Gasteiger partial charge is 0.154 e. The van der Waals surface area contributed by atoms with Gasteiger partial charge >= 0.3 is 0 Å². The van der Waals surface area contributed by atoms with Crippen LogP contribution in [0.15, 0.2) is 42.7 Å². The van der Waals surface area contributed by atoms with Crippen molar-refractivity contribution in [1.29, 1.82) is 0 Å². The maximum Gasteiger partial charge on any atom is 0.154 e. The van der Waals surface area contributed by atoms with E-state index in [1.807, 2.05) is 25.1 Å². The van der Waals surface area contributed by atoms with Crippen LogP contribution in [-0.4, -0.2) is 71.1 Å². The molecule has 2 aromatic heterocycles. The second-order valence-corrected chi connectivity index (χ2v) is 7.31. The van der Waals surface area contributed by atoms with Gasteiger partial charge in [-0.15, -0.1) is 0 Å². The van der Waals surface area contributed by atoms with E-state index in [-0.39, 0.29) is 12.7 Å². The second-order valence-electron chi connectivity index (χ2n) is 7.31. The van der Waals surface area contributed by atoms with E-state index in [0.29, 0.717) is 0 Å². The molecule has 1 aliphatic rings. The second kappa shape index (κ2) is 9.34. The molecule has 0 amide bonds. The third-order valence-corrected chi connectivity index (χ3v) is 5.42. The Balaban J connectivity index is 1.46. The molecule has 8 heteroatoms. The van der Waals surface area contributed by atoms with Crippen molar-refractivity contribution in [1.82, 2.24) is 20.0 Å². The molecule has 30 heavy (non-hydrogen) atoms. The van der Waals surface area contributed by atoms with Crippen LogP contribution in [0.3, 0.4) is 0 Å². The number of anilines is 2. The van der Waals surface area contributed by atoms with Crippen molar-refractivity contribution in [2.24, 2.45) is 0 Å². The van der Waals surface area contributed by atoms with Gasteiger partial charge in [0.2, 0.25) is 0 Å². The Labute approximate surface area is 176 Å². The summed E-state index contributed by atoms with van der Waals surface area (Å²) in [5.74, 6) is 0.726. The minimum Gasteiger partial charge on any atom is -0.394 e. The molecular weight excluding hydrogens is 380 g/mol. The Bertz CT molecular complexity index is 969. The molecule has 3 aromatic rings. The van der Waals surface area contributed by atoms with E-state index < -0.39 is 0 Å². The number of benzene rings is 1. The summed E-state index contributed by atoms with van der Waals surface area (Å²) in [5, 5.41) is 14.4.